The van der Waals surface area contributed by atoms with Gasteiger partial charge in [0.05, 0.1) is 12.0 Å². The van der Waals surface area contributed by atoms with E-state index in [1.807, 2.05) is 24.3 Å². The molecule has 2 aromatic carbocycles. The lowest BCUT2D eigenvalue weighted by Crippen LogP contribution is -2.42. The van der Waals surface area contributed by atoms with Gasteiger partial charge in [0.15, 0.2) is 6.61 Å². The van der Waals surface area contributed by atoms with E-state index in [9.17, 15) is 18.0 Å². The highest BCUT2D eigenvalue weighted by Crippen LogP contribution is 2.27. The zero-order chi connectivity index (χ0) is 24.7. The van der Waals surface area contributed by atoms with Crippen LogP contribution in [0.5, 0.6) is 5.75 Å². The summed E-state index contributed by atoms with van der Waals surface area (Å²) in [6, 6.07) is 13.4. The number of ether oxygens (including phenoxy) is 2. The van der Waals surface area contributed by atoms with Crippen molar-refractivity contribution in [3.8, 4) is 5.75 Å². The number of nitrogens with one attached hydrogen (secondary N) is 1. The summed E-state index contributed by atoms with van der Waals surface area (Å²) in [7, 11) is -2.02. The Morgan fingerprint density at radius 2 is 1.68 bits per heavy atom. The van der Waals surface area contributed by atoms with Crippen molar-refractivity contribution in [1.82, 2.24) is 4.31 Å². The maximum atomic E-state index is 13.0. The van der Waals surface area contributed by atoms with E-state index >= 15 is 0 Å². The third-order valence-corrected chi connectivity index (χ3v) is 7.61. The molecule has 1 N–H and O–H groups in total. The second-order valence-corrected chi connectivity index (χ2v) is 10.8. The second kappa shape index (κ2) is 11.5. The minimum Gasteiger partial charge on any atom is -0.496 e. The van der Waals surface area contributed by atoms with Crippen molar-refractivity contribution < 1.29 is 27.5 Å². The van der Waals surface area contributed by atoms with Crippen LogP contribution in [0.15, 0.2) is 53.4 Å². The predicted octanol–water partition coefficient (Wildman–Crippen LogP) is 3.48. The quantitative estimate of drug-likeness (QED) is 0.542. The number of nitrogens with zero attached hydrogens (tertiary/aromatic N) is 1. The lowest BCUT2D eigenvalue weighted by Gasteiger charge is -2.34. The molecule has 1 amide bonds. The van der Waals surface area contributed by atoms with Crippen molar-refractivity contribution in [2.75, 3.05) is 32.1 Å². The first kappa shape index (κ1) is 25.7. The fourth-order valence-corrected chi connectivity index (χ4v) is 5.90. The number of hydrogen-bond acceptors (Lipinski definition) is 6. The molecular weight excluding hydrogens is 456 g/mol. The number of hydrogen-bond donors (Lipinski definition) is 1. The third-order valence-electron chi connectivity index (χ3n) is 5.77. The molecule has 0 aromatic heterocycles. The Morgan fingerprint density at radius 3 is 2.32 bits per heavy atom. The fraction of sp³-hybridized carbons (Fsp3) is 0.440. The first-order valence-electron chi connectivity index (χ1n) is 11.4. The Morgan fingerprint density at radius 1 is 1.03 bits per heavy atom. The van der Waals surface area contributed by atoms with Crippen LogP contribution in [-0.2, 0) is 30.8 Å². The van der Waals surface area contributed by atoms with E-state index in [1.54, 1.807) is 7.11 Å². The Labute approximate surface area is 201 Å². The number of esters is 1. The van der Waals surface area contributed by atoms with Crippen LogP contribution in [0.1, 0.15) is 32.3 Å². The van der Waals surface area contributed by atoms with E-state index in [0.717, 1.165) is 12.0 Å². The smallest absolute Gasteiger partial charge is 0.306 e. The van der Waals surface area contributed by atoms with Gasteiger partial charge in [-0.2, -0.15) is 4.31 Å². The van der Waals surface area contributed by atoms with E-state index < -0.39 is 28.5 Å². The Kier molecular flexibility index (Phi) is 8.68. The number of para-hydroxylation sites is 1. The molecule has 3 rings (SSSR count). The molecule has 0 saturated carbocycles. The first-order chi connectivity index (χ1) is 16.2. The highest BCUT2D eigenvalue weighted by atomic mass is 32.2. The van der Waals surface area contributed by atoms with Crippen LogP contribution >= 0.6 is 0 Å². The lowest BCUT2D eigenvalue weighted by atomic mass is 9.94. The summed E-state index contributed by atoms with van der Waals surface area (Å²) in [5.74, 6) is 0.333. The number of amides is 1. The molecule has 8 nitrogen and oxygen atoms in total. The SMILES string of the molecule is COc1ccccc1CCC(=O)OCC(=O)Nc1ccc(S(=O)(=O)N2CC(C)CC(C)C2)cc1. The summed E-state index contributed by atoms with van der Waals surface area (Å²) in [5.41, 5.74) is 1.31. The molecule has 2 unspecified atom stereocenters. The van der Waals surface area contributed by atoms with Gasteiger partial charge in [-0.3, -0.25) is 9.59 Å². The van der Waals surface area contributed by atoms with Crippen molar-refractivity contribution in [2.24, 2.45) is 11.8 Å². The highest BCUT2D eigenvalue weighted by Gasteiger charge is 2.31. The zero-order valence-corrected chi connectivity index (χ0v) is 20.6. The maximum absolute atomic E-state index is 13.0. The Balaban J connectivity index is 1.48. The maximum Gasteiger partial charge on any atom is 0.306 e. The molecular formula is C25H32N2O6S. The van der Waals surface area contributed by atoms with Crippen molar-refractivity contribution in [1.29, 1.82) is 0 Å². The van der Waals surface area contributed by atoms with Gasteiger partial charge in [-0.1, -0.05) is 32.0 Å². The topological polar surface area (TPSA) is 102 Å². The number of piperidine rings is 1. The molecule has 9 heteroatoms. The van der Waals surface area contributed by atoms with E-state index in [2.05, 4.69) is 19.2 Å². The van der Waals surface area contributed by atoms with Crippen LogP contribution in [-0.4, -0.2) is 51.4 Å². The highest BCUT2D eigenvalue weighted by molar-refractivity contribution is 7.89. The molecule has 0 radical (unpaired) electrons. The Bertz CT molecular complexity index is 1090. The summed E-state index contributed by atoms with van der Waals surface area (Å²) in [5, 5.41) is 2.62. The molecule has 34 heavy (non-hydrogen) atoms. The van der Waals surface area contributed by atoms with Crippen molar-refractivity contribution in [3.63, 3.8) is 0 Å². The molecule has 0 aliphatic carbocycles. The normalized spacial score (nSPS) is 18.8. The van der Waals surface area contributed by atoms with Gasteiger partial charge in [-0.25, -0.2) is 8.42 Å². The van der Waals surface area contributed by atoms with Crippen molar-refractivity contribution in [3.05, 3.63) is 54.1 Å². The van der Waals surface area contributed by atoms with Crippen molar-refractivity contribution in [2.45, 2.75) is 38.0 Å². The molecule has 1 fully saturated rings. The molecule has 1 aliphatic rings. The van der Waals surface area contributed by atoms with Crippen LogP contribution < -0.4 is 10.1 Å². The first-order valence-corrected chi connectivity index (χ1v) is 12.8. The molecule has 1 aliphatic heterocycles. The van der Waals surface area contributed by atoms with Crippen LogP contribution in [0.2, 0.25) is 0 Å². The van der Waals surface area contributed by atoms with Crippen LogP contribution in [0, 0.1) is 11.8 Å². The number of sulfonamides is 1. The predicted molar refractivity (Wildman–Crippen MR) is 129 cm³/mol. The van der Waals surface area contributed by atoms with Crippen LogP contribution in [0.25, 0.3) is 0 Å². The number of rotatable bonds is 9. The van der Waals surface area contributed by atoms with Gasteiger partial charge in [0.2, 0.25) is 10.0 Å². The lowest BCUT2D eigenvalue weighted by molar-refractivity contribution is -0.147. The monoisotopic (exact) mass is 488 g/mol. The van der Waals surface area contributed by atoms with Gasteiger partial charge in [0.25, 0.3) is 5.91 Å². The van der Waals surface area contributed by atoms with Crippen molar-refractivity contribution >= 4 is 27.6 Å². The molecule has 1 saturated heterocycles. The van der Waals surface area contributed by atoms with Gasteiger partial charge in [0, 0.05) is 25.2 Å². The number of methoxy groups -OCH3 is 1. The van der Waals surface area contributed by atoms with Gasteiger partial charge in [-0.15, -0.1) is 0 Å². The van der Waals surface area contributed by atoms with E-state index in [0.29, 0.717) is 42.8 Å². The number of benzene rings is 2. The summed E-state index contributed by atoms with van der Waals surface area (Å²) in [4.78, 5) is 24.4. The van der Waals surface area contributed by atoms with Crippen LogP contribution in [0.4, 0.5) is 5.69 Å². The average molecular weight is 489 g/mol. The number of aryl methyl sites for hydroxylation is 1. The molecule has 1 heterocycles. The van der Waals surface area contributed by atoms with E-state index in [4.69, 9.17) is 9.47 Å². The standard InChI is InChI=1S/C25H32N2O6S/c1-18-14-19(2)16-27(15-18)34(30,31)22-11-9-21(10-12-22)26-24(28)17-33-25(29)13-8-20-6-4-5-7-23(20)32-3/h4-7,9-12,18-19H,8,13-17H2,1-3H3,(H,26,28). The zero-order valence-electron chi connectivity index (χ0n) is 19.8. The number of carbonyl (C=O) groups excluding carboxylic acids is 2. The largest absolute Gasteiger partial charge is 0.496 e. The summed E-state index contributed by atoms with van der Waals surface area (Å²) >= 11 is 0. The number of anilines is 1. The molecule has 0 bridgehead atoms. The molecule has 0 spiro atoms. The van der Waals surface area contributed by atoms with Gasteiger partial charge >= 0.3 is 5.97 Å². The molecule has 2 atom stereocenters. The second-order valence-electron chi connectivity index (χ2n) is 8.81. The van der Waals surface area contributed by atoms with Crippen LogP contribution in [0.3, 0.4) is 0 Å². The average Bonchev–Trinajstić information content (AvgIpc) is 2.81. The van der Waals surface area contributed by atoms with Gasteiger partial charge in [0.1, 0.15) is 5.75 Å². The summed E-state index contributed by atoms with van der Waals surface area (Å²) < 4.78 is 37.8. The fourth-order valence-electron chi connectivity index (χ4n) is 4.22. The minimum absolute atomic E-state index is 0.119. The summed E-state index contributed by atoms with van der Waals surface area (Å²) in [6.07, 6.45) is 1.57. The molecule has 184 valence electrons. The Hall–Kier alpha value is -2.91. The van der Waals surface area contributed by atoms with Gasteiger partial charge in [-0.05, 0) is 60.6 Å². The van der Waals surface area contributed by atoms with Gasteiger partial charge < -0.3 is 14.8 Å². The van der Waals surface area contributed by atoms with E-state index in [1.165, 1.54) is 28.6 Å². The third kappa shape index (κ3) is 6.80. The minimum atomic E-state index is -3.59. The molecule has 2 aromatic rings. The summed E-state index contributed by atoms with van der Waals surface area (Å²) in [6.45, 7) is 4.71. The van der Waals surface area contributed by atoms with E-state index in [-0.39, 0.29) is 11.3 Å². The number of carbonyl (C=O) groups is 2.